The van der Waals surface area contributed by atoms with Gasteiger partial charge in [0.1, 0.15) is 0 Å². The number of amides is 2. The van der Waals surface area contributed by atoms with E-state index in [-0.39, 0.29) is 18.4 Å². The van der Waals surface area contributed by atoms with Crippen LogP contribution in [-0.4, -0.2) is 64.1 Å². The molecular formula is C27H41N5O3. The van der Waals surface area contributed by atoms with Crippen molar-refractivity contribution >= 4 is 17.5 Å². The van der Waals surface area contributed by atoms with Gasteiger partial charge in [-0.15, -0.1) is 0 Å². The van der Waals surface area contributed by atoms with Gasteiger partial charge >= 0.3 is 0 Å². The molecule has 2 heterocycles. The number of benzene rings is 1. The molecule has 8 nitrogen and oxygen atoms in total. The smallest absolute Gasteiger partial charge is 0.251 e. The van der Waals surface area contributed by atoms with Crippen molar-refractivity contribution < 1.29 is 14.7 Å². The van der Waals surface area contributed by atoms with Gasteiger partial charge in [-0.3, -0.25) is 14.5 Å². The third-order valence-corrected chi connectivity index (χ3v) is 6.46. The predicted molar refractivity (Wildman–Crippen MR) is 138 cm³/mol. The Hall–Kier alpha value is -2.71. The molecule has 192 valence electrons. The normalized spacial score (nSPS) is 16.8. The number of aromatic nitrogens is 2. The second kappa shape index (κ2) is 13.4. The van der Waals surface area contributed by atoms with E-state index in [1.165, 1.54) is 12.8 Å². The van der Waals surface area contributed by atoms with Crippen molar-refractivity contribution in [1.82, 2.24) is 20.2 Å². The Bertz CT molecular complexity index is 944. The van der Waals surface area contributed by atoms with Gasteiger partial charge in [0.2, 0.25) is 5.91 Å². The van der Waals surface area contributed by atoms with E-state index < -0.39 is 6.04 Å². The lowest BCUT2D eigenvalue weighted by atomic mass is 10.0. The highest BCUT2D eigenvalue weighted by atomic mass is 16.3. The summed E-state index contributed by atoms with van der Waals surface area (Å²) in [7, 11) is 0. The highest BCUT2D eigenvalue weighted by Crippen LogP contribution is 2.26. The Morgan fingerprint density at radius 3 is 2.54 bits per heavy atom. The van der Waals surface area contributed by atoms with E-state index in [0.29, 0.717) is 31.0 Å². The maximum absolute atomic E-state index is 13.1. The molecule has 0 bridgehead atoms. The largest absolute Gasteiger partial charge is 0.394 e. The number of nitrogens with zero attached hydrogens (tertiary/aromatic N) is 3. The molecule has 0 saturated carbocycles. The quantitative estimate of drug-likeness (QED) is 0.559. The van der Waals surface area contributed by atoms with Gasteiger partial charge in [0.15, 0.2) is 0 Å². The lowest BCUT2D eigenvalue weighted by molar-refractivity contribution is -0.116. The number of carbonyl (C=O) groups is 2. The number of aromatic amines is 1. The third kappa shape index (κ3) is 8.18. The minimum atomic E-state index is -0.421. The number of anilines is 1. The Labute approximate surface area is 209 Å². The van der Waals surface area contributed by atoms with E-state index in [1.54, 1.807) is 25.5 Å². The maximum Gasteiger partial charge on any atom is 0.251 e. The zero-order valence-electron chi connectivity index (χ0n) is 21.4. The minimum absolute atomic E-state index is 0.0239. The molecule has 1 atom stereocenters. The number of aliphatic hydroxyl groups is 1. The molecule has 1 aromatic heterocycles. The van der Waals surface area contributed by atoms with Crippen LogP contribution in [0.15, 0.2) is 30.7 Å². The van der Waals surface area contributed by atoms with Gasteiger partial charge in [-0.2, -0.15) is 0 Å². The van der Waals surface area contributed by atoms with Gasteiger partial charge in [-0.1, -0.05) is 33.1 Å². The average Bonchev–Trinajstić information content (AvgIpc) is 3.32. The summed E-state index contributed by atoms with van der Waals surface area (Å²) in [6.45, 7) is 9.23. The Balaban J connectivity index is 1.88. The van der Waals surface area contributed by atoms with Crippen LogP contribution < -0.4 is 10.2 Å². The predicted octanol–water partition coefficient (Wildman–Crippen LogP) is 3.52. The highest BCUT2D eigenvalue weighted by Gasteiger charge is 2.21. The molecule has 0 aliphatic carbocycles. The molecule has 2 aromatic rings. The molecule has 0 radical (unpaired) electrons. The van der Waals surface area contributed by atoms with Crippen molar-refractivity contribution in [2.45, 2.75) is 71.9 Å². The summed E-state index contributed by atoms with van der Waals surface area (Å²) >= 11 is 0. The van der Waals surface area contributed by atoms with Crippen LogP contribution in [0.1, 0.15) is 74.5 Å². The van der Waals surface area contributed by atoms with E-state index in [9.17, 15) is 14.7 Å². The molecule has 0 spiro atoms. The summed E-state index contributed by atoms with van der Waals surface area (Å²) in [5.74, 6) is 0.313. The fraction of sp³-hybridized carbons (Fsp3) is 0.593. The topological polar surface area (TPSA) is 102 Å². The SMILES string of the molecule is CC(=O)N1CCCCCCCN(CC(C)C)Cc2cc(C(=O)N[C@H](CO)Cc3cnc[nH]3)ccc21. The van der Waals surface area contributed by atoms with Crippen LogP contribution in [0.5, 0.6) is 0 Å². The van der Waals surface area contributed by atoms with Crippen LogP contribution in [0.2, 0.25) is 0 Å². The van der Waals surface area contributed by atoms with Gasteiger partial charge in [0, 0.05) is 56.1 Å². The van der Waals surface area contributed by atoms with E-state index in [1.807, 2.05) is 17.0 Å². The first-order valence-corrected chi connectivity index (χ1v) is 12.9. The second-order valence-corrected chi connectivity index (χ2v) is 10.0. The fourth-order valence-corrected chi connectivity index (χ4v) is 4.78. The van der Waals surface area contributed by atoms with Gasteiger partial charge in [-0.05, 0) is 49.1 Å². The fourth-order valence-electron chi connectivity index (χ4n) is 4.78. The van der Waals surface area contributed by atoms with E-state index in [4.69, 9.17) is 0 Å². The molecule has 0 fully saturated rings. The number of aliphatic hydroxyl groups excluding tert-OH is 1. The molecular weight excluding hydrogens is 442 g/mol. The second-order valence-electron chi connectivity index (χ2n) is 10.0. The highest BCUT2D eigenvalue weighted by molar-refractivity contribution is 5.97. The first kappa shape index (κ1) is 26.9. The Kier molecular flexibility index (Phi) is 10.3. The van der Waals surface area contributed by atoms with Crippen molar-refractivity contribution in [1.29, 1.82) is 0 Å². The molecule has 3 rings (SSSR count). The third-order valence-electron chi connectivity index (χ3n) is 6.46. The molecule has 2 amide bonds. The summed E-state index contributed by atoms with van der Waals surface area (Å²) in [5.41, 5.74) is 3.26. The number of imidazole rings is 1. The lowest BCUT2D eigenvalue weighted by Gasteiger charge is -2.30. The molecule has 35 heavy (non-hydrogen) atoms. The number of fused-ring (bicyclic) bond motifs is 1. The standard InChI is InChI=1S/C27H41N5O3/c1-20(2)16-31-11-7-5-4-6-8-12-32(21(3)34)26-10-9-22(13-23(26)17-31)27(35)30-25(18-33)14-24-15-28-19-29-24/h9-10,13,15,19-20,25,33H,4-8,11-12,14,16-18H2,1-3H3,(H,28,29)(H,30,35)/t25-/m0/s1. The summed E-state index contributed by atoms with van der Waals surface area (Å²) in [6, 6.07) is 5.20. The first-order chi connectivity index (χ1) is 16.9. The van der Waals surface area contributed by atoms with Gasteiger partial charge < -0.3 is 20.3 Å². The van der Waals surface area contributed by atoms with Crippen LogP contribution in [0.25, 0.3) is 0 Å². The summed E-state index contributed by atoms with van der Waals surface area (Å²) in [5, 5.41) is 12.7. The van der Waals surface area contributed by atoms with E-state index >= 15 is 0 Å². The minimum Gasteiger partial charge on any atom is -0.394 e. The zero-order chi connectivity index (χ0) is 25.2. The molecule has 0 saturated heterocycles. The summed E-state index contributed by atoms with van der Waals surface area (Å²) < 4.78 is 0. The molecule has 3 N–H and O–H groups in total. The number of H-pyrrole nitrogens is 1. The van der Waals surface area contributed by atoms with Gasteiger partial charge in [0.05, 0.1) is 19.0 Å². The average molecular weight is 484 g/mol. The van der Waals surface area contributed by atoms with Crippen LogP contribution in [0.4, 0.5) is 5.69 Å². The molecule has 1 aromatic carbocycles. The van der Waals surface area contributed by atoms with Crippen LogP contribution in [-0.2, 0) is 17.8 Å². The van der Waals surface area contributed by atoms with E-state index in [2.05, 4.69) is 34.0 Å². The van der Waals surface area contributed by atoms with Crippen LogP contribution in [0.3, 0.4) is 0 Å². The number of rotatable bonds is 7. The molecule has 0 unspecified atom stereocenters. The van der Waals surface area contributed by atoms with Crippen LogP contribution >= 0.6 is 0 Å². The number of hydrogen-bond acceptors (Lipinski definition) is 5. The lowest BCUT2D eigenvalue weighted by Crippen LogP contribution is -2.39. The molecule has 8 heteroatoms. The van der Waals surface area contributed by atoms with Crippen LogP contribution in [0, 0.1) is 5.92 Å². The van der Waals surface area contributed by atoms with Gasteiger partial charge in [-0.25, -0.2) is 4.98 Å². The summed E-state index contributed by atoms with van der Waals surface area (Å²) in [4.78, 5) is 37.0. The van der Waals surface area contributed by atoms with Crippen molar-refractivity contribution in [3.63, 3.8) is 0 Å². The van der Waals surface area contributed by atoms with Crippen molar-refractivity contribution in [3.05, 3.63) is 47.5 Å². The molecule has 1 aliphatic heterocycles. The number of nitrogens with one attached hydrogen (secondary N) is 2. The van der Waals surface area contributed by atoms with Crippen molar-refractivity contribution in [2.75, 3.05) is 31.1 Å². The molecule has 1 aliphatic rings. The van der Waals surface area contributed by atoms with Crippen molar-refractivity contribution in [2.24, 2.45) is 5.92 Å². The Morgan fingerprint density at radius 2 is 1.89 bits per heavy atom. The van der Waals surface area contributed by atoms with E-state index in [0.717, 1.165) is 49.3 Å². The van der Waals surface area contributed by atoms with Crippen molar-refractivity contribution in [3.8, 4) is 0 Å². The number of hydrogen-bond donors (Lipinski definition) is 3. The van der Waals surface area contributed by atoms with Gasteiger partial charge in [0.25, 0.3) is 5.91 Å². The first-order valence-electron chi connectivity index (χ1n) is 12.9. The zero-order valence-corrected chi connectivity index (χ0v) is 21.4. The number of carbonyl (C=O) groups excluding carboxylic acids is 2. The monoisotopic (exact) mass is 483 g/mol. The maximum atomic E-state index is 13.1. The Morgan fingerprint density at radius 1 is 1.14 bits per heavy atom. The summed E-state index contributed by atoms with van der Waals surface area (Å²) in [6.07, 6.45) is 9.37.